The van der Waals surface area contributed by atoms with Crippen molar-refractivity contribution in [2.45, 2.75) is 33.4 Å². The van der Waals surface area contributed by atoms with Crippen LogP contribution >= 0.6 is 9.24 Å². The maximum absolute atomic E-state index is 2.74. The summed E-state index contributed by atoms with van der Waals surface area (Å²) in [7, 11) is 2.74. The van der Waals surface area contributed by atoms with Gasteiger partial charge < -0.3 is 0 Å². The highest BCUT2D eigenvalue weighted by atomic mass is 31.0. The van der Waals surface area contributed by atoms with Crippen molar-refractivity contribution >= 4 is 9.24 Å². The van der Waals surface area contributed by atoms with Gasteiger partial charge in [0, 0.05) is 0 Å². The summed E-state index contributed by atoms with van der Waals surface area (Å²) in [5, 5.41) is 0. The van der Waals surface area contributed by atoms with E-state index in [0.717, 1.165) is 12.6 Å². The number of hydrogen-bond donors (Lipinski definition) is 0. The Balaban J connectivity index is 0.000000561. The average molecular weight is 182 g/mol. The minimum absolute atomic E-state index is 1.06. The van der Waals surface area contributed by atoms with Crippen LogP contribution in [0.25, 0.3) is 0 Å². The Hall–Kier alpha value is -0.350. The summed E-state index contributed by atoms with van der Waals surface area (Å²) < 4.78 is 0. The monoisotopic (exact) mass is 182 g/mol. The maximum atomic E-state index is 2.74. The van der Waals surface area contributed by atoms with Crippen LogP contribution in [-0.4, -0.2) is 0 Å². The molecule has 0 radical (unpaired) electrons. The molecular formula is C11H19P. The van der Waals surface area contributed by atoms with Crippen LogP contribution < -0.4 is 0 Å². The van der Waals surface area contributed by atoms with Crippen molar-refractivity contribution in [1.82, 2.24) is 0 Å². The van der Waals surface area contributed by atoms with Gasteiger partial charge >= 0.3 is 0 Å². The summed E-state index contributed by atoms with van der Waals surface area (Å²) in [4.78, 5) is 0. The molecule has 1 unspecified atom stereocenters. The van der Waals surface area contributed by atoms with Crippen LogP contribution in [0.4, 0.5) is 0 Å². The molecule has 0 aliphatic heterocycles. The molecule has 0 saturated heterocycles. The number of aryl methyl sites for hydroxylation is 1. The van der Waals surface area contributed by atoms with Crippen molar-refractivity contribution in [2.24, 2.45) is 0 Å². The lowest BCUT2D eigenvalue weighted by atomic mass is 10.1. The van der Waals surface area contributed by atoms with Gasteiger partial charge in [-0.3, -0.25) is 0 Å². The second-order valence-corrected chi connectivity index (χ2v) is 2.79. The van der Waals surface area contributed by atoms with Crippen LogP contribution in [-0.2, 0) is 12.6 Å². The molecule has 0 amide bonds. The maximum Gasteiger partial charge on any atom is -0.0128 e. The van der Waals surface area contributed by atoms with E-state index in [2.05, 4.69) is 40.4 Å². The van der Waals surface area contributed by atoms with E-state index < -0.39 is 0 Å². The van der Waals surface area contributed by atoms with Crippen molar-refractivity contribution in [3.8, 4) is 0 Å². The molecule has 0 N–H and O–H groups in total. The van der Waals surface area contributed by atoms with E-state index in [4.69, 9.17) is 0 Å². The van der Waals surface area contributed by atoms with Gasteiger partial charge in [0.25, 0.3) is 0 Å². The second kappa shape index (κ2) is 7.31. The van der Waals surface area contributed by atoms with E-state index in [9.17, 15) is 0 Å². The molecule has 1 heteroatoms. The van der Waals surface area contributed by atoms with Crippen molar-refractivity contribution in [1.29, 1.82) is 0 Å². The van der Waals surface area contributed by atoms with Gasteiger partial charge in [-0.15, -0.1) is 9.24 Å². The molecule has 0 aromatic heterocycles. The Morgan fingerprint density at radius 2 is 1.75 bits per heavy atom. The summed E-state index contributed by atoms with van der Waals surface area (Å²) in [6.07, 6.45) is 2.20. The molecule has 1 aromatic carbocycles. The molecular weight excluding hydrogens is 163 g/mol. The van der Waals surface area contributed by atoms with E-state index in [1.807, 2.05) is 13.8 Å². The Morgan fingerprint density at radius 3 is 2.25 bits per heavy atom. The quantitative estimate of drug-likeness (QED) is 0.612. The van der Waals surface area contributed by atoms with Crippen molar-refractivity contribution < 1.29 is 0 Å². The third kappa shape index (κ3) is 3.88. The van der Waals surface area contributed by atoms with Gasteiger partial charge in [-0.05, 0) is 23.7 Å². The first-order valence-electron chi connectivity index (χ1n) is 4.64. The van der Waals surface area contributed by atoms with Gasteiger partial charge in [0.05, 0.1) is 0 Å². The molecule has 0 spiro atoms. The van der Waals surface area contributed by atoms with Gasteiger partial charge in [-0.2, -0.15) is 0 Å². The smallest absolute Gasteiger partial charge is 0.0128 e. The molecule has 0 bridgehead atoms. The minimum atomic E-state index is 1.06. The molecule has 0 saturated carbocycles. The molecule has 0 aliphatic carbocycles. The minimum Gasteiger partial charge on any atom is -0.133 e. The molecule has 0 fully saturated rings. The highest BCUT2D eigenvalue weighted by molar-refractivity contribution is 7.15. The highest BCUT2D eigenvalue weighted by Crippen LogP contribution is 2.08. The number of benzene rings is 1. The fourth-order valence-electron chi connectivity index (χ4n) is 0.977. The topological polar surface area (TPSA) is 0 Å². The van der Waals surface area contributed by atoms with Gasteiger partial charge in [0.15, 0.2) is 0 Å². The Labute approximate surface area is 78.6 Å². The summed E-state index contributed by atoms with van der Waals surface area (Å²) >= 11 is 0. The van der Waals surface area contributed by atoms with Gasteiger partial charge in [-0.1, -0.05) is 45.0 Å². The second-order valence-electron chi connectivity index (χ2n) is 2.38. The Kier molecular flexibility index (Phi) is 7.09. The SMILES string of the molecule is CC.CCc1cccc(CP)c1. The molecule has 68 valence electrons. The molecule has 1 rings (SSSR count). The van der Waals surface area contributed by atoms with E-state index >= 15 is 0 Å². The van der Waals surface area contributed by atoms with Crippen LogP contribution in [0.15, 0.2) is 24.3 Å². The van der Waals surface area contributed by atoms with E-state index in [1.54, 1.807) is 0 Å². The molecule has 0 nitrogen and oxygen atoms in total. The Morgan fingerprint density at radius 1 is 1.17 bits per heavy atom. The molecule has 12 heavy (non-hydrogen) atoms. The summed E-state index contributed by atoms with van der Waals surface area (Å²) in [6, 6.07) is 8.71. The van der Waals surface area contributed by atoms with Crippen molar-refractivity contribution in [2.75, 3.05) is 0 Å². The fourth-order valence-corrected chi connectivity index (χ4v) is 1.23. The molecule has 0 heterocycles. The van der Waals surface area contributed by atoms with Crippen molar-refractivity contribution in [3.63, 3.8) is 0 Å². The number of hydrogen-bond acceptors (Lipinski definition) is 0. The zero-order valence-corrected chi connectivity index (χ0v) is 9.46. The van der Waals surface area contributed by atoms with Crippen molar-refractivity contribution in [3.05, 3.63) is 35.4 Å². The zero-order chi connectivity index (χ0) is 9.40. The molecule has 0 aliphatic rings. The van der Waals surface area contributed by atoms with Gasteiger partial charge in [0.2, 0.25) is 0 Å². The van der Waals surface area contributed by atoms with Gasteiger partial charge in [-0.25, -0.2) is 0 Å². The molecule has 1 atom stereocenters. The van der Waals surface area contributed by atoms with Crippen LogP contribution in [0.1, 0.15) is 31.9 Å². The van der Waals surface area contributed by atoms with Crippen LogP contribution in [0.3, 0.4) is 0 Å². The highest BCUT2D eigenvalue weighted by Gasteiger charge is 1.89. The summed E-state index contributed by atoms with van der Waals surface area (Å²) in [6.45, 7) is 6.18. The fraction of sp³-hybridized carbons (Fsp3) is 0.455. The van der Waals surface area contributed by atoms with Crippen LogP contribution in [0.5, 0.6) is 0 Å². The molecule has 1 aromatic rings. The standard InChI is InChI=1S/C9H13P.C2H6/c1-2-8-4-3-5-9(6-8)7-10;1-2/h3-6H,2,7,10H2,1H3;1-2H3. The number of rotatable bonds is 2. The predicted octanol–water partition coefficient (Wildman–Crippen LogP) is 3.65. The average Bonchev–Trinajstić information content (AvgIpc) is 2.21. The summed E-state index contributed by atoms with van der Waals surface area (Å²) in [5.41, 5.74) is 2.84. The first-order valence-corrected chi connectivity index (χ1v) is 5.46. The Bertz CT molecular complexity index is 187. The largest absolute Gasteiger partial charge is 0.133 e. The lowest BCUT2D eigenvalue weighted by Crippen LogP contribution is -1.81. The lowest BCUT2D eigenvalue weighted by molar-refractivity contribution is 1.13. The van der Waals surface area contributed by atoms with E-state index in [1.165, 1.54) is 11.1 Å². The zero-order valence-electron chi connectivity index (χ0n) is 8.30. The summed E-state index contributed by atoms with van der Waals surface area (Å²) in [5.74, 6) is 0. The lowest BCUT2D eigenvalue weighted by Gasteiger charge is -1.98. The first-order chi connectivity index (χ1) is 5.86. The van der Waals surface area contributed by atoms with Crippen LogP contribution in [0.2, 0.25) is 0 Å². The normalized spacial score (nSPS) is 8.67. The van der Waals surface area contributed by atoms with E-state index in [-0.39, 0.29) is 0 Å². The third-order valence-electron chi connectivity index (χ3n) is 1.64. The van der Waals surface area contributed by atoms with Gasteiger partial charge in [0.1, 0.15) is 0 Å². The predicted molar refractivity (Wildman–Crippen MR) is 60.6 cm³/mol. The van der Waals surface area contributed by atoms with E-state index in [0.29, 0.717) is 0 Å². The first kappa shape index (κ1) is 11.6. The third-order valence-corrected chi connectivity index (χ3v) is 2.11. The van der Waals surface area contributed by atoms with Crippen LogP contribution in [0, 0.1) is 0 Å².